The minimum absolute atomic E-state index is 0.481. The largest absolute Gasteiger partial charge is 0.275 e. The smallest absolute Gasteiger partial charge is 0.0568 e. The Bertz CT molecular complexity index is 502. The molecule has 0 spiro atoms. The quantitative estimate of drug-likeness (QED) is 0.534. The van der Waals surface area contributed by atoms with Crippen LogP contribution in [0.4, 0.5) is 0 Å². The molecule has 0 radical (unpaired) electrons. The van der Waals surface area contributed by atoms with Gasteiger partial charge in [0.1, 0.15) is 0 Å². The SMILES string of the molecule is CC.CC.CC.CC.CC(C)c1cc(Cl)cc(-c2cnn(C)c2)c1. The molecule has 0 unspecified atom stereocenters. The van der Waals surface area contributed by atoms with E-state index >= 15 is 0 Å². The molecule has 1 aromatic heterocycles. The zero-order valence-electron chi connectivity index (χ0n) is 17.7. The van der Waals surface area contributed by atoms with Gasteiger partial charge in [0.25, 0.3) is 0 Å². The molecule has 3 heteroatoms. The van der Waals surface area contributed by atoms with Gasteiger partial charge in [0.2, 0.25) is 0 Å². The second kappa shape index (κ2) is 18.1. The molecule has 0 aliphatic carbocycles. The van der Waals surface area contributed by atoms with E-state index in [1.54, 1.807) is 4.68 Å². The van der Waals surface area contributed by atoms with E-state index < -0.39 is 0 Å². The second-order valence-electron chi connectivity index (χ2n) is 4.33. The van der Waals surface area contributed by atoms with Gasteiger partial charge in [0.15, 0.2) is 0 Å². The van der Waals surface area contributed by atoms with Crippen molar-refractivity contribution in [2.24, 2.45) is 7.05 Å². The Kier molecular flexibility index (Phi) is 20.7. The van der Waals surface area contributed by atoms with Crippen molar-refractivity contribution >= 4 is 11.6 Å². The number of benzene rings is 1. The van der Waals surface area contributed by atoms with E-state index in [-0.39, 0.29) is 0 Å². The third-order valence-electron chi connectivity index (χ3n) is 2.62. The van der Waals surface area contributed by atoms with Crippen molar-refractivity contribution in [1.82, 2.24) is 9.78 Å². The second-order valence-corrected chi connectivity index (χ2v) is 4.77. The van der Waals surface area contributed by atoms with E-state index in [0.717, 1.165) is 16.1 Å². The molecule has 0 fully saturated rings. The highest BCUT2D eigenvalue weighted by Gasteiger charge is 2.06. The fourth-order valence-corrected chi connectivity index (χ4v) is 1.93. The van der Waals surface area contributed by atoms with E-state index in [2.05, 4.69) is 25.0 Å². The van der Waals surface area contributed by atoms with Crippen LogP contribution in [-0.4, -0.2) is 9.78 Å². The van der Waals surface area contributed by atoms with Gasteiger partial charge in [-0.1, -0.05) is 86.9 Å². The molecule has 0 amide bonds. The van der Waals surface area contributed by atoms with Gasteiger partial charge < -0.3 is 0 Å². The summed E-state index contributed by atoms with van der Waals surface area (Å²) in [6.07, 6.45) is 3.85. The summed E-state index contributed by atoms with van der Waals surface area (Å²) < 4.78 is 1.80. The van der Waals surface area contributed by atoms with Gasteiger partial charge in [-0.05, 0) is 29.2 Å². The first-order valence-corrected chi connectivity index (χ1v) is 9.73. The molecular formula is C21H39ClN2. The normalized spacial score (nSPS) is 8.38. The molecule has 0 aliphatic rings. The summed E-state index contributed by atoms with van der Waals surface area (Å²) in [6.45, 7) is 20.3. The van der Waals surface area contributed by atoms with Gasteiger partial charge in [0, 0.05) is 23.8 Å². The Labute approximate surface area is 156 Å². The molecule has 0 aliphatic heterocycles. The monoisotopic (exact) mass is 354 g/mol. The Morgan fingerprint density at radius 3 is 1.71 bits per heavy atom. The Morgan fingerprint density at radius 2 is 1.33 bits per heavy atom. The van der Waals surface area contributed by atoms with E-state index in [4.69, 9.17) is 11.6 Å². The third kappa shape index (κ3) is 10.5. The molecule has 0 atom stereocenters. The number of aryl methyl sites for hydroxylation is 1. The molecule has 2 nitrogen and oxygen atoms in total. The van der Waals surface area contributed by atoms with Gasteiger partial charge >= 0.3 is 0 Å². The molecular weight excluding hydrogens is 316 g/mol. The average molecular weight is 355 g/mol. The zero-order chi connectivity index (χ0) is 19.7. The van der Waals surface area contributed by atoms with E-state index in [1.165, 1.54) is 5.56 Å². The summed E-state index contributed by atoms with van der Waals surface area (Å²) in [4.78, 5) is 0. The fraction of sp³-hybridized carbons (Fsp3) is 0.571. The Hall–Kier alpha value is -1.28. The van der Waals surface area contributed by atoms with Gasteiger partial charge in [-0.15, -0.1) is 0 Å². The lowest BCUT2D eigenvalue weighted by Gasteiger charge is -2.08. The summed E-state index contributed by atoms with van der Waals surface area (Å²) in [5.41, 5.74) is 3.49. The molecule has 140 valence electrons. The first-order valence-electron chi connectivity index (χ1n) is 9.36. The maximum absolute atomic E-state index is 6.12. The van der Waals surface area contributed by atoms with Crippen molar-refractivity contribution in [2.45, 2.75) is 75.2 Å². The van der Waals surface area contributed by atoms with Crippen LogP contribution < -0.4 is 0 Å². The lowest BCUT2D eigenvalue weighted by atomic mass is 9.99. The van der Waals surface area contributed by atoms with Crippen LogP contribution in [0.3, 0.4) is 0 Å². The molecule has 1 aromatic carbocycles. The lowest BCUT2D eigenvalue weighted by Crippen LogP contribution is -1.88. The Balaban J connectivity index is -0.000000484. The van der Waals surface area contributed by atoms with Gasteiger partial charge in [-0.25, -0.2) is 0 Å². The highest BCUT2D eigenvalue weighted by molar-refractivity contribution is 6.31. The number of halogens is 1. The van der Waals surface area contributed by atoms with Crippen LogP contribution in [-0.2, 0) is 7.05 Å². The van der Waals surface area contributed by atoms with Gasteiger partial charge in [-0.2, -0.15) is 5.10 Å². The first kappa shape index (κ1) is 27.6. The van der Waals surface area contributed by atoms with Crippen LogP contribution in [0.5, 0.6) is 0 Å². The zero-order valence-corrected chi connectivity index (χ0v) is 18.5. The van der Waals surface area contributed by atoms with Gasteiger partial charge in [0.05, 0.1) is 6.20 Å². The number of hydrogen-bond donors (Lipinski definition) is 0. The summed E-state index contributed by atoms with van der Waals surface area (Å²) in [5, 5.41) is 4.95. The first-order chi connectivity index (χ1) is 11.6. The number of hydrogen-bond acceptors (Lipinski definition) is 1. The summed E-state index contributed by atoms with van der Waals surface area (Å²) >= 11 is 6.12. The van der Waals surface area contributed by atoms with Crippen LogP contribution in [0.15, 0.2) is 30.6 Å². The number of aromatic nitrogens is 2. The topological polar surface area (TPSA) is 17.8 Å². The van der Waals surface area contributed by atoms with Crippen molar-refractivity contribution in [3.63, 3.8) is 0 Å². The predicted octanol–water partition coefficient (Wildman–Crippen LogP) is 7.97. The molecule has 2 aromatic rings. The molecule has 0 N–H and O–H groups in total. The highest BCUT2D eigenvalue weighted by Crippen LogP contribution is 2.27. The van der Waals surface area contributed by atoms with Crippen molar-refractivity contribution in [1.29, 1.82) is 0 Å². The Morgan fingerprint density at radius 1 is 0.833 bits per heavy atom. The maximum Gasteiger partial charge on any atom is 0.0568 e. The highest BCUT2D eigenvalue weighted by atomic mass is 35.5. The van der Waals surface area contributed by atoms with Crippen molar-refractivity contribution < 1.29 is 0 Å². The van der Waals surface area contributed by atoms with E-state index in [0.29, 0.717) is 5.92 Å². The van der Waals surface area contributed by atoms with Crippen LogP contribution in [0.2, 0.25) is 5.02 Å². The van der Waals surface area contributed by atoms with Crippen LogP contribution in [0, 0.1) is 0 Å². The number of nitrogens with zero attached hydrogens (tertiary/aromatic N) is 2. The fourth-order valence-electron chi connectivity index (χ4n) is 1.68. The number of rotatable bonds is 2. The minimum Gasteiger partial charge on any atom is -0.275 e. The summed E-state index contributed by atoms with van der Waals surface area (Å²) in [7, 11) is 1.91. The van der Waals surface area contributed by atoms with Crippen LogP contribution in [0.1, 0.15) is 80.7 Å². The molecule has 0 bridgehead atoms. The van der Waals surface area contributed by atoms with E-state index in [9.17, 15) is 0 Å². The van der Waals surface area contributed by atoms with Crippen molar-refractivity contribution in [2.75, 3.05) is 0 Å². The molecule has 2 rings (SSSR count). The minimum atomic E-state index is 0.481. The van der Waals surface area contributed by atoms with Crippen molar-refractivity contribution in [3.05, 3.63) is 41.2 Å². The summed E-state index contributed by atoms with van der Waals surface area (Å²) in [6, 6.07) is 6.17. The average Bonchev–Trinajstić information content (AvgIpc) is 3.08. The molecule has 0 saturated heterocycles. The molecule has 1 heterocycles. The standard InChI is InChI=1S/C13H15ClN2.4C2H6/c1-9(2)10-4-11(6-13(14)5-10)12-7-15-16(3)8-12;4*1-2/h4-9H,1-3H3;4*1-2H3. The van der Waals surface area contributed by atoms with E-state index in [1.807, 2.05) is 87.0 Å². The third-order valence-corrected chi connectivity index (χ3v) is 2.84. The summed E-state index contributed by atoms with van der Waals surface area (Å²) in [5.74, 6) is 0.481. The predicted molar refractivity (Wildman–Crippen MR) is 113 cm³/mol. The van der Waals surface area contributed by atoms with Crippen LogP contribution in [0.25, 0.3) is 11.1 Å². The van der Waals surface area contributed by atoms with Gasteiger partial charge in [-0.3, -0.25) is 4.68 Å². The molecule has 24 heavy (non-hydrogen) atoms. The van der Waals surface area contributed by atoms with Crippen molar-refractivity contribution in [3.8, 4) is 11.1 Å². The lowest BCUT2D eigenvalue weighted by molar-refractivity contribution is 0.768. The molecule has 0 saturated carbocycles. The van der Waals surface area contributed by atoms with Crippen LogP contribution >= 0.6 is 11.6 Å². The maximum atomic E-state index is 6.12.